The van der Waals surface area contributed by atoms with E-state index in [2.05, 4.69) is 21.3 Å². The molecule has 4 amide bonds. The van der Waals surface area contributed by atoms with Crippen LogP contribution in [0.2, 0.25) is 0 Å². The first-order valence-electron chi connectivity index (χ1n) is 8.13. The fourth-order valence-corrected chi connectivity index (χ4v) is 1.90. The lowest BCUT2D eigenvalue weighted by Gasteiger charge is -2.17. The van der Waals surface area contributed by atoms with Crippen LogP contribution in [0, 0.1) is 0 Å². The van der Waals surface area contributed by atoms with Gasteiger partial charge in [0.2, 0.25) is 5.91 Å². The Bertz CT molecular complexity index is 589. The molecule has 0 heterocycles. The highest BCUT2D eigenvalue weighted by Crippen LogP contribution is 2.10. The lowest BCUT2D eigenvalue weighted by atomic mass is 10.2. The minimum atomic E-state index is -0.662. The molecule has 0 radical (unpaired) electrons. The second-order valence-corrected chi connectivity index (χ2v) is 5.58. The van der Waals surface area contributed by atoms with Crippen LogP contribution < -0.4 is 21.3 Å². The third-order valence-electron chi connectivity index (χ3n) is 3.46. The molecule has 0 spiro atoms. The van der Waals surface area contributed by atoms with E-state index in [0.717, 1.165) is 6.42 Å². The van der Waals surface area contributed by atoms with Crippen LogP contribution in [0.4, 0.5) is 10.5 Å². The predicted octanol–water partition coefficient (Wildman–Crippen LogP) is 1.86. The molecule has 0 fully saturated rings. The van der Waals surface area contributed by atoms with Crippen LogP contribution in [0.1, 0.15) is 44.5 Å². The van der Waals surface area contributed by atoms with E-state index in [1.807, 2.05) is 20.8 Å². The number of hydrogen-bond acceptors (Lipinski definition) is 3. The van der Waals surface area contributed by atoms with Gasteiger partial charge in [0.25, 0.3) is 5.91 Å². The van der Waals surface area contributed by atoms with Crippen LogP contribution in [-0.2, 0) is 4.79 Å². The van der Waals surface area contributed by atoms with Crippen molar-refractivity contribution in [2.45, 2.75) is 46.2 Å². The van der Waals surface area contributed by atoms with Gasteiger partial charge in [0.15, 0.2) is 0 Å². The average molecular weight is 334 g/mol. The molecule has 7 heteroatoms. The largest absolute Gasteiger partial charge is 0.352 e. The van der Waals surface area contributed by atoms with Crippen molar-refractivity contribution in [3.8, 4) is 0 Å². The first kappa shape index (κ1) is 19.5. The SMILES string of the molecule is CCNC(=O)c1cccc(NC(=O)N[C@H](C)C(=O)N[C@H](C)CC)c1. The fourth-order valence-electron chi connectivity index (χ4n) is 1.90. The summed E-state index contributed by atoms with van der Waals surface area (Å²) < 4.78 is 0. The van der Waals surface area contributed by atoms with Crippen LogP contribution in [-0.4, -0.2) is 36.5 Å². The summed E-state index contributed by atoms with van der Waals surface area (Å²) in [5.74, 6) is -0.446. The maximum absolute atomic E-state index is 12.0. The summed E-state index contributed by atoms with van der Waals surface area (Å²) in [6, 6.07) is 5.48. The molecule has 0 unspecified atom stereocenters. The Morgan fingerprint density at radius 1 is 1.08 bits per heavy atom. The molecule has 132 valence electrons. The van der Waals surface area contributed by atoms with Gasteiger partial charge < -0.3 is 21.3 Å². The van der Waals surface area contributed by atoms with Gasteiger partial charge in [-0.05, 0) is 45.4 Å². The van der Waals surface area contributed by atoms with Crippen molar-refractivity contribution in [2.24, 2.45) is 0 Å². The van der Waals surface area contributed by atoms with Crippen LogP contribution in [0.5, 0.6) is 0 Å². The van der Waals surface area contributed by atoms with E-state index in [1.165, 1.54) is 0 Å². The second-order valence-electron chi connectivity index (χ2n) is 5.58. The zero-order valence-corrected chi connectivity index (χ0v) is 14.6. The zero-order chi connectivity index (χ0) is 18.1. The van der Waals surface area contributed by atoms with Crippen molar-refractivity contribution in [3.05, 3.63) is 29.8 Å². The predicted molar refractivity (Wildman–Crippen MR) is 94.0 cm³/mol. The van der Waals surface area contributed by atoms with Crippen LogP contribution in [0.15, 0.2) is 24.3 Å². The summed E-state index contributed by atoms with van der Waals surface area (Å²) in [5, 5.41) is 10.7. The number of nitrogens with one attached hydrogen (secondary N) is 4. The smallest absolute Gasteiger partial charge is 0.319 e. The molecule has 7 nitrogen and oxygen atoms in total. The van der Waals surface area contributed by atoms with Gasteiger partial charge in [-0.2, -0.15) is 0 Å². The third-order valence-corrected chi connectivity index (χ3v) is 3.46. The quantitative estimate of drug-likeness (QED) is 0.612. The normalized spacial score (nSPS) is 12.7. The highest BCUT2D eigenvalue weighted by atomic mass is 16.2. The summed E-state index contributed by atoms with van der Waals surface area (Å²) >= 11 is 0. The number of anilines is 1. The Hall–Kier alpha value is -2.57. The highest BCUT2D eigenvalue weighted by Gasteiger charge is 2.17. The Labute approximate surface area is 142 Å². The maximum atomic E-state index is 12.0. The number of carbonyl (C=O) groups is 3. The fraction of sp³-hybridized carbons (Fsp3) is 0.471. The molecule has 0 saturated carbocycles. The van der Waals surface area contributed by atoms with Gasteiger partial charge in [-0.15, -0.1) is 0 Å². The number of hydrogen-bond donors (Lipinski definition) is 4. The Morgan fingerprint density at radius 3 is 2.42 bits per heavy atom. The van der Waals surface area contributed by atoms with E-state index < -0.39 is 12.1 Å². The Balaban J connectivity index is 2.60. The van der Waals surface area contributed by atoms with Crippen LogP contribution in [0.3, 0.4) is 0 Å². The number of rotatable bonds is 7. The van der Waals surface area contributed by atoms with Gasteiger partial charge >= 0.3 is 6.03 Å². The number of benzene rings is 1. The minimum absolute atomic E-state index is 0.0542. The molecule has 1 rings (SSSR count). The van der Waals surface area contributed by atoms with Gasteiger partial charge in [0.05, 0.1) is 0 Å². The molecule has 0 aliphatic rings. The van der Waals surface area contributed by atoms with E-state index in [0.29, 0.717) is 17.8 Å². The molecule has 0 saturated heterocycles. The lowest BCUT2D eigenvalue weighted by molar-refractivity contribution is -0.123. The van der Waals surface area contributed by atoms with Crippen molar-refractivity contribution in [1.82, 2.24) is 16.0 Å². The molecule has 1 aromatic carbocycles. The lowest BCUT2D eigenvalue weighted by Crippen LogP contribution is -2.48. The van der Waals surface area contributed by atoms with E-state index in [1.54, 1.807) is 31.2 Å². The van der Waals surface area contributed by atoms with Crippen molar-refractivity contribution in [1.29, 1.82) is 0 Å². The molecular formula is C17H26N4O3. The van der Waals surface area contributed by atoms with Crippen molar-refractivity contribution in [3.63, 3.8) is 0 Å². The van der Waals surface area contributed by atoms with Gasteiger partial charge in [-0.3, -0.25) is 9.59 Å². The van der Waals surface area contributed by atoms with E-state index in [4.69, 9.17) is 0 Å². The zero-order valence-electron chi connectivity index (χ0n) is 14.6. The summed E-state index contributed by atoms with van der Waals surface area (Å²) in [5.41, 5.74) is 0.933. The van der Waals surface area contributed by atoms with E-state index in [9.17, 15) is 14.4 Å². The number of urea groups is 1. The molecule has 2 atom stereocenters. The Morgan fingerprint density at radius 2 is 1.79 bits per heavy atom. The molecule has 4 N–H and O–H groups in total. The van der Waals surface area contributed by atoms with E-state index >= 15 is 0 Å². The summed E-state index contributed by atoms with van der Waals surface area (Å²) in [7, 11) is 0. The topological polar surface area (TPSA) is 99.3 Å². The number of amides is 4. The standard InChI is InChI=1S/C17H26N4O3/c1-5-11(3)19-15(22)12(4)20-17(24)21-14-9-7-8-13(10-14)16(23)18-6-2/h7-12H,5-6H2,1-4H3,(H,18,23)(H,19,22)(H2,20,21,24)/t11-,12-/m1/s1. The second kappa shape index (κ2) is 9.54. The van der Waals surface area contributed by atoms with Crippen molar-refractivity contribution >= 4 is 23.5 Å². The summed E-state index contributed by atoms with van der Waals surface area (Å²) in [4.78, 5) is 35.7. The molecule has 1 aromatic rings. The van der Waals surface area contributed by atoms with E-state index in [-0.39, 0.29) is 17.9 Å². The summed E-state index contributed by atoms with van der Waals surface area (Å²) in [6.45, 7) is 7.84. The minimum Gasteiger partial charge on any atom is -0.352 e. The molecule has 0 bridgehead atoms. The molecule has 0 aliphatic carbocycles. The number of carbonyl (C=O) groups excluding carboxylic acids is 3. The first-order valence-corrected chi connectivity index (χ1v) is 8.13. The van der Waals surface area contributed by atoms with Gasteiger partial charge in [-0.1, -0.05) is 13.0 Å². The Kier molecular flexibility index (Phi) is 7.74. The van der Waals surface area contributed by atoms with Crippen molar-refractivity contribution in [2.75, 3.05) is 11.9 Å². The average Bonchev–Trinajstić information content (AvgIpc) is 2.54. The monoisotopic (exact) mass is 334 g/mol. The molecule has 0 aliphatic heterocycles. The van der Waals surface area contributed by atoms with Gasteiger partial charge in [0, 0.05) is 23.8 Å². The summed E-state index contributed by atoms with van der Waals surface area (Å²) in [6.07, 6.45) is 0.817. The molecular weight excluding hydrogens is 308 g/mol. The van der Waals surface area contributed by atoms with Crippen LogP contribution in [0.25, 0.3) is 0 Å². The van der Waals surface area contributed by atoms with Crippen molar-refractivity contribution < 1.29 is 14.4 Å². The molecule has 24 heavy (non-hydrogen) atoms. The molecule has 0 aromatic heterocycles. The van der Waals surface area contributed by atoms with Crippen LogP contribution >= 0.6 is 0 Å². The van der Waals surface area contributed by atoms with Gasteiger partial charge in [0.1, 0.15) is 6.04 Å². The highest BCUT2D eigenvalue weighted by molar-refractivity contribution is 5.97. The third kappa shape index (κ3) is 6.28. The van der Waals surface area contributed by atoms with Gasteiger partial charge in [-0.25, -0.2) is 4.79 Å². The first-order chi connectivity index (χ1) is 11.4. The maximum Gasteiger partial charge on any atom is 0.319 e.